The molecule has 0 aliphatic carbocycles. The van der Waals surface area contributed by atoms with Crippen LogP contribution in [0, 0.1) is 0 Å². The van der Waals surface area contributed by atoms with E-state index in [1.54, 1.807) is 17.5 Å². The third kappa shape index (κ3) is 1.23. The minimum atomic E-state index is 0.176. The topological polar surface area (TPSA) is 12.9 Å². The van der Waals surface area contributed by atoms with E-state index in [2.05, 4.69) is 4.98 Å². The van der Waals surface area contributed by atoms with Crippen molar-refractivity contribution < 1.29 is 0 Å². The molecule has 0 spiro atoms. The van der Waals surface area contributed by atoms with E-state index in [1.807, 2.05) is 12.3 Å². The molecule has 0 aliphatic heterocycles. The molecule has 0 bridgehead atoms. The van der Waals surface area contributed by atoms with Gasteiger partial charge in [-0.1, -0.05) is 12.6 Å². The quantitative estimate of drug-likeness (QED) is 0.589. The fourth-order valence-electron chi connectivity index (χ4n) is 0.435. The number of rotatable bonds is 1. The van der Waals surface area contributed by atoms with Crippen LogP contribution >= 0.6 is 24.0 Å². The molecule has 0 N–H and O–H groups in total. The van der Waals surface area contributed by atoms with E-state index in [9.17, 15) is 0 Å². The van der Waals surface area contributed by atoms with Crippen molar-refractivity contribution in [3.63, 3.8) is 0 Å². The Labute approximate surface area is 58.2 Å². The zero-order chi connectivity index (χ0) is 5.98. The van der Waals surface area contributed by atoms with Crippen molar-refractivity contribution in [1.29, 1.82) is 0 Å². The monoisotopic (exact) mass is 144 g/mol. The SMILES string of the molecule is CC([S])c1nccs1. The highest BCUT2D eigenvalue weighted by Crippen LogP contribution is 2.19. The van der Waals surface area contributed by atoms with Gasteiger partial charge in [0.05, 0.1) is 5.25 Å². The molecule has 1 radical (unpaired) electrons. The normalized spacial score (nSPS) is 13.8. The Morgan fingerprint density at radius 2 is 2.62 bits per heavy atom. The summed E-state index contributed by atoms with van der Waals surface area (Å²) >= 11 is 6.56. The Balaban J connectivity index is 2.77. The number of thiazole rings is 1. The Kier molecular flexibility index (Phi) is 1.91. The standard InChI is InChI=1S/C5H6NS2/c1-4(7)5-6-2-3-8-5/h2-4H,1H3. The number of hydrogen-bond acceptors (Lipinski definition) is 2. The van der Waals surface area contributed by atoms with Crippen molar-refractivity contribution in [3.8, 4) is 0 Å². The van der Waals surface area contributed by atoms with Crippen molar-refractivity contribution in [2.75, 3.05) is 0 Å². The molecule has 0 aliphatic rings. The van der Waals surface area contributed by atoms with Crippen LogP contribution in [0.25, 0.3) is 0 Å². The van der Waals surface area contributed by atoms with Crippen LogP contribution in [-0.4, -0.2) is 4.98 Å². The molecule has 1 nitrogen and oxygen atoms in total. The van der Waals surface area contributed by atoms with Gasteiger partial charge in [0.15, 0.2) is 0 Å². The molecule has 0 aromatic carbocycles. The first-order chi connectivity index (χ1) is 3.80. The Morgan fingerprint density at radius 1 is 1.88 bits per heavy atom. The van der Waals surface area contributed by atoms with Gasteiger partial charge < -0.3 is 0 Å². The van der Waals surface area contributed by atoms with Gasteiger partial charge in [-0.3, -0.25) is 0 Å². The van der Waals surface area contributed by atoms with Crippen LogP contribution in [0.4, 0.5) is 0 Å². The average Bonchev–Trinajstić information content (AvgIpc) is 2.12. The summed E-state index contributed by atoms with van der Waals surface area (Å²) in [4.78, 5) is 4.03. The Morgan fingerprint density at radius 3 is 2.88 bits per heavy atom. The van der Waals surface area contributed by atoms with Gasteiger partial charge in [0.2, 0.25) is 0 Å². The second-order valence-corrected chi connectivity index (χ2v) is 3.15. The molecule has 0 saturated heterocycles. The first kappa shape index (κ1) is 6.11. The number of nitrogens with zero attached hydrogens (tertiary/aromatic N) is 1. The Bertz CT molecular complexity index is 145. The molecule has 3 heteroatoms. The maximum absolute atomic E-state index is 4.95. The molecule has 1 unspecified atom stereocenters. The van der Waals surface area contributed by atoms with Crippen LogP contribution < -0.4 is 0 Å². The molecule has 1 aromatic rings. The van der Waals surface area contributed by atoms with Crippen LogP contribution in [0.2, 0.25) is 0 Å². The maximum atomic E-state index is 4.95. The molecule has 1 rings (SSSR count). The fourth-order valence-corrected chi connectivity index (χ4v) is 1.24. The molecule has 0 fully saturated rings. The zero-order valence-electron chi connectivity index (χ0n) is 4.50. The highest BCUT2D eigenvalue weighted by molar-refractivity contribution is 7.80. The van der Waals surface area contributed by atoms with E-state index >= 15 is 0 Å². The maximum Gasteiger partial charge on any atom is 0.106 e. The summed E-state index contributed by atoms with van der Waals surface area (Å²) in [5.74, 6) is 0. The summed E-state index contributed by atoms with van der Waals surface area (Å²) in [7, 11) is 0. The van der Waals surface area contributed by atoms with Gasteiger partial charge in [-0.2, -0.15) is 0 Å². The summed E-state index contributed by atoms with van der Waals surface area (Å²) in [6.45, 7) is 1.97. The van der Waals surface area contributed by atoms with Gasteiger partial charge in [0.1, 0.15) is 5.01 Å². The first-order valence-corrected chi connectivity index (χ1v) is 3.71. The third-order valence-electron chi connectivity index (χ3n) is 0.799. The lowest BCUT2D eigenvalue weighted by molar-refractivity contribution is 1.07. The molecule has 1 aromatic heterocycles. The molecule has 1 atom stereocenters. The van der Waals surface area contributed by atoms with Gasteiger partial charge in [-0.05, 0) is 6.92 Å². The van der Waals surface area contributed by atoms with Crippen LogP contribution in [0.3, 0.4) is 0 Å². The number of hydrogen-bond donors (Lipinski definition) is 0. The van der Waals surface area contributed by atoms with Crippen LogP contribution in [0.5, 0.6) is 0 Å². The molecule has 8 heavy (non-hydrogen) atoms. The zero-order valence-corrected chi connectivity index (χ0v) is 6.13. The smallest absolute Gasteiger partial charge is 0.106 e. The second kappa shape index (κ2) is 2.51. The summed E-state index contributed by atoms with van der Waals surface area (Å²) in [5, 5.41) is 3.16. The van der Waals surface area contributed by atoms with Crippen LogP contribution in [0.1, 0.15) is 17.2 Å². The second-order valence-electron chi connectivity index (χ2n) is 1.51. The molecule has 0 saturated carbocycles. The summed E-state index contributed by atoms with van der Waals surface area (Å²) in [5.41, 5.74) is 0. The highest BCUT2D eigenvalue weighted by Gasteiger charge is 1.99. The minimum Gasteiger partial charge on any atom is -0.248 e. The lowest BCUT2D eigenvalue weighted by Gasteiger charge is -1.91. The van der Waals surface area contributed by atoms with E-state index in [0.29, 0.717) is 0 Å². The van der Waals surface area contributed by atoms with E-state index in [-0.39, 0.29) is 5.25 Å². The van der Waals surface area contributed by atoms with Crippen LogP contribution in [0.15, 0.2) is 11.6 Å². The molecular formula is C5H6NS2. The van der Waals surface area contributed by atoms with Crippen molar-refractivity contribution in [1.82, 2.24) is 4.98 Å². The molecule has 43 valence electrons. The first-order valence-electron chi connectivity index (χ1n) is 2.36. The van der Waals surface area contributed by atoms with E-state index in [0.717, 1.165) is 5.01 Å². The highest BCUT2D eigenvalue weighted by atomic mass is 32.1. The van der Waals surface area contributed by atoms with Gasteiger partial charge in [-0.15, -0.1) is 11.3 Å². The largest absolute Gasteiger partial charge is 0.248 e. The average molecular weight is 144 g/mol. The van der Waals surface area contributed by atoms with Gasteiger partial charge in [-0.25, -0.2) is 4.98 Å². The van der Waals surface area contributed by atoms with Gasteiger partial charge >= 0.3 is 0 Å². The Hall–Kier alpha value is -0.0200. The van der Waals surface area contributed by atoms with Crippen LogP contribution in [-0.2, 0) is 0 Å². The van der Waals surface area contributed by atoms with Crippen molar-refractivity contribution in [3.05, 3.63) is 16.6 Å². The summed E-state index contributed by atoms with van der Waals surface area (Å²) < 4.78 is 0. The number of aromatic nitrogens is 1. The lowest BCUT2D eigenvalue weighted by atomic mass is 10.5. The predicted molar refractivity (Wildman–Crippen MR) is 38.1 cm³/mol. The third-order valence-corrected chi connectivity index (χ3v) is 2.13. The summed E-state index contributed by atoms with van der Waals surface area (Å²) in [6, 6.07) is 0. The molecular weight excluding hydrogens is 138 g/mol. The van der Waals surface area contributed by atoms with E-state index in [1.165, 1.54) is 0 Å². The minimum absolute atomic E-state index is 0.176. The predicted octanol–water partition coefficient (Wildman–Crippen LogP) is 2.40. The van der Waals surface area contributed by atoms with Crippen molar-refractivity contribution >= 4 is 24.0 Å². The van der Waals surface area contributed by atoms with E-state index < -0.39 is 0 Å². The van der Waals surface area contributed by atoms with Gasteiger partial charge in [0.25, 0.3) is 0 Å². The fraction of sp³-hybridized carbons (Fsp3) is 0.400. The van der Waals surface area contributed by atoms with Gasteiger partial charge in [0, 0.05) is 11.6 Å². The van der Waals surface area contributed by atoms with Crippen molar-refractivity contribution in [2.45, 2.75) is 12.2 Å². The molecule has 1 heterocycles. The lowest BCUT2D eigenvalue weighted by Crippen LogP contribution is -1.78. The summed E-state index contributed by atoms with van der Waals surface area (Å²) in [6.07, 6.45) is 1.78. The van der Waals surface area contributed by atoms with Crippen molar-refractivity contribution in [2.24, 2.45) is 0 Å². The van der Waals surface area contributed by atoms with E-state index in [4.69, 9.17) is 12.6 Å². The molecule has 0 amide bonds.